The number of aryl methyl sites for hydroxylation is 1. The molecule has 0 amide bonds. The highest BCUT2D eigenvalue weighted by atomic mass is 15.1. The third kappa shape index (κ3) is 1.86. The van der Waals surface area contributed by atoms with Gasteiger partial charge in [-0.25, -0.2) is 0 Å². The lowest BCUT2D eigenvalue weighted by atomic mass is 10.0. The lowest BCUT2D eigenvalue weighted by molar-refractivity contribution is 0.887. The first-order valence-electron chi connectivity index (χ1n) is 8.34. The van der Waals surface area contributed by atoms with E-state index in [1.165, 1.54) is 38.1 Å². The van der Waals surface area contributed by atoms with Crippen LogP contribution < -0.4 is 5.32 Å². The van der Waals surface area contributed by atoms with Crippen molar-refractivity contribution in [1.29, 1.82) is 0 Å². The van der Waals surface area contributed by atoms with Crippen molar-refractivity contribution in [2.45, 2.75) is 13.5 Å². The number of hydrogen-bond acceptors (Lipinski definition) is 3. The van der Waals surface area contributed by atoms with Gasteiger partial charge in [0.15, 0.2) is 0 Å². The number of pyridine rings is 1. The fourth-order valence-electron chi connectivity index (χ4n) is 3.89. The molecule has 118 valence electrons. The highest BCUT2D eigenvalue weighted by molar-refractivity contribution is 6.14. The van der Waals surface area contributed by atoms with Crippen LogP contribution >= 0.6 is 0 Å². The van der Waals surface area contributed by atoms with Gasteiger partial charge in [0, 0.05) is 40.6 Å². The Morgan fingerprint density at radius 3 is 2.92 bits per heavy atom. The first-order valence-corrected chi connectivity index (χ1v) is 8.34. The van der Waals surface area contributed by atoms with Crippen LogP contribution in [0.15, 0.2) is 53.8 Å². The van der Waals surface area contributed by atoms with Gasteiger partial charge in [0.2, 0.25) is 0 Å². The molecule has 0 atom stereocenters. The van der Waals surface area contributed by atoms with Crippen molar-refractivity contribution >= 4 is 38.4 Å². The maximum atomic E-state index is 4.59. The number of aromatic nitrogens is 2. The molecular weight excluding hydrogens is 296 g/mol. The number of nitrogens with one attached hydrogen (secondary N) is 1. The Morgan fingerprint density at radius 1 is 1.12 bits per heavy atom. The Kier molecular flexibility index (Phi) is 2.86. The predicted molar refractivity (Wildman–Crippen MR) is 99.8 cm³/mol. The summed E-state index contributed by atoms with van der Waals surface area (Å²) in [7, 11) is 0. The monoisotopic (exact) mass is 314 g/mol. The summed E-state index contributed by atoms with van der Waals surface area (Å²) < 4.78 is 2.40. The Balaban J connectivity index is 1.92. The van der Waals surface area contributed by atoms with Gasteiger partial charge < -0.3 is 9.88 Å². The summed E-state index contributed by atoms with van der Waals surface area (Å²) in [6, 6.07) is 13.0. The van der Waals surface area contributed by atoms with Gasteiger partial charge in [-0.15, -0.1) is 0 Å². The van der Waals surface area contributed by atoms with Gasteiger partial charge >= 0.3 is 0 Å². The minimum Gasteiger partial charge on any atom is -0.370 e. The quantitative estimate of drug-likeness (QED) is 0.613. The third-order valence-electron chi connectivity index (χ3n) is 4.97. The van der Waals surface area contributed by atoms with Gasteiger partial charge in [0.25, 0.3) is 0 Å². The molecule has 0 radical (unpaired) electrons. The molecular formula is C20H18N4. The van der Waals surface area contributed by atoms with Crippen LogP contribution in [0.5, 0.6) is 0 Å². The Labute approximate surface area is 139 Å². The molecule has 0 unspecified atom stereocenters. The minimum atomic E-state index is 0.793. The van der Waals surface area contributed by atoms with Gasteiger partial charge in [-0.05, 0) is 36.1 Å². The van der Waals surface area contributed by atoms with Crippen molar-refractivity contribution in [2.24, 2.45) is 4.99 Å². The lowest BCUT2D eigenvalue weighted by Gasteiger charge is -2.11. The molecule has 0 saturated carbocycles. The maximum absolute atomic E-state index is 4.59. The molecule has 0 aliphatic carbocycles. The average molecular weight is 314 g/mol. The van der Waals surface area contributed by atoms with Crippen LogP contribution in [0.3, 0.4) is 0 Å². The Hall–Kier alpha value is -2.88. The summed E-state index contributed by atoms with van der Waals surface area (Å²) in [6.45, 7) is 4.82. The van der Waals surface area contributed by atoms with Crippen molar-refractivity contribution in [2.75, 3.05) is 13.1 Å². The number of hydrogen-bond donors (Lipinski definition) is 1. The second-order valence-electron chi connectivity index (χ2n) is 6.35. The van der Waals surface area contributed by atoms with E-state index in [1.807, 2.05) is 12.4 Å². The number of benzene rings is 2. The summed E-state index contributed by atoms with van der Waals surface area (Å²) in [5, 5.41) is 8.45. The molecule has 24 heavy (non-hydrogen) atoms. The van der Waals surface area contributed by atoms with Crippen LogP contribution in [0, 0.1) is 6.92 Å². The van der Waals surface area contributed by atoms with Crippen molar-refractivity contribution in [3.63, 3.8) is 0 Å². The van der Waals surface area contributed by atoms with Gasteiger partial charge in [-0.3, -0.25) is 9.98 Å². The van der Waals surface area contributed by atoms with Gasteiger partial charge in [-0.2, -0.15) is 0 Å². The van der Waals surface area contributed by atoms with Crippen molar-refractivity contribution < 1.29 is 0 Å². The van der Waals surface area contributed by atoms with E-state index in [2.05, 4.69) is 63.2 Å². The highest BCUT2D eigenvalue weighted by Crippen LogP contribution is 2.35. The van der Waals surface area contributed by atoms with E-state index in [0.29, 0.717) is 0 Å². The zero-order valence-electron chi connectivity index (χ0n) is 13.6. The maximum Gasteiger partial charge on any atom is 0.117 e. The molecule has 3 heterocycles. The van der Waals surface area contributed by atoms with Gasteiger partial charge in [-0.1, -0.05) is 18.2 Å². The fourth-order valence-corrected chi connectivity index (χ4v) is 3.89. The molecule has 0 fully saturated rings. The van der Waals surface area contributed by atoms with E-state index in [-0.39, 0.29) is 0 Å². The van der Waals surface area contributed by atoms with Crippen LogP contribution in [0.1, 0.15) is 5.56 Å². The van der Waals surface area contributed by atoms with Crippen LogP contribution in [-0.2, 0) is 6.54 Å². The largest absolute Gasteiger partial charge is 0.370 e. The first kappa shape index (κ1) is 13.5. The molecule has 5 rings (SSSR count). The molecule has 2 aromatic carbocycles. The van der Waals surface area contributed by atoms with Gasteiger partial charge in [0.05, 0.1) is 18.6 Å². The molecule has 1 N–H and O–H groups in total. The standard InChI is InChI=1S/C20H18N4/c1-13-15-6-7-21-11-14(15)10-17-16-4-2-3-5-18(16)24(20(13)17)12-19-22-8-9-23-19/h2-7,10-11H,8-9,12H2,1H3,(H,22,23). The molecule has 0 bridgehead atoms. The molecule has 4 nitrogen and oxygen atoms in total. The number of fused-ring (bicyclic) bond motifs is 4. The van der Waals surface area contributed by atoms with Crippen molar-refractivity contribution in [3.05, 3.63) is 54.4 Å². The summed E-state index contributed by atoms with van der Waals surface area (Å²) in [6.07, 6.45) is 3.83. The zero-order valence-corrected chi connectivity index (χ0v) is 13.6. The van der Waals surface area contributed by atoms with E-state index in [4.69, 9.17) is 0 Å². The van der Waals surface area contributed by atoms with E-state index >= 15 is 0 Å². The molecule has 0 spiro atoms. The molecule has 0 saturated heterocycles. The van der Waals surface area contributed by atoms with Crippen LogP contribution in [0.4, 0.5) is 0 Å². The van der Waals surface area contributed by atoms with E-state index in [9.17, 15) is 0 Å². The summed E-state index contributed by atoms with van der Waals surface area (Å²) in [5.41, 5.74) is 3.86. The number of rotatable bonds is 2. The third-order valence-corrected chi connectivity index (χ3v) is 4.97. The predicted octanol–water partition coefficient (Wildman–Crippen LogP) is 3.65. The highest BCUT2D eigenvalue weighted by Gasteiger charge is 2.16. The molecule has 2 aromatic heterocycles. The SMILES string of the molecule is Cc1c2ccncc2cc2c3ccccc3n(CC3=NCCN3)c12. The average Bonchev–Trinajstić information content (AvgIpc) is 3.23. The van der Waals surface area contributed by atoms with Crippen molar-refractivity contribution in [1.82, 2.24) is 14.9 Å². The smallest absolute Gasteiger partial charge is 0.117 e. The second-order valence-corrected chi connectivity index (χ2v) is 6.35. The topological polar surface area (TPSA) is 42.2 Å². The Morgan fingerprint density at radius 2 is 2.04 bits per heavy atom. The minimum absolute atomic E-state index is 0.793. The number of amidine groups is 1. The van der Waals surface area contributed by atoms with Crippen LogP contribution in [0.25, 0.3) is 32.6 Å². The Bertz CT molecular complexity index is 1120. The number of para-hydroxylation sites is 1. The number of aliphatic imine (C=N–C) groups is 1. The van der Waals surface area contributed by atoms with Crippen molar-refractivity contribution in [3.8, 4) is 0 Å². The van der Waals surface area contributed by atoms with Crippen LogP contribution in [-0.4, -0.2) is 28.5 Å². The summed E-state index contributed by atoms with van der Waals surface area (Å²) >= 11 is 0. The first-order chi connectivity index (χ1) is 11.8. The molecule has 4 aromatic rings. The van der Waals surface area contributed by atoms with E-state index in [0.717, 1.165) is 25.5 Å². The molecule has 1 aliphatic rings. The summed E-state index contributed by atoms with van der Waals surface area (Å²) in [5.74, 6) is 1.08. The second kappa shape index (κ2) is 5.06. The fraction of sp³-hybridized carbons (Fsp3) is 0.200. The van der Waals surface area contributed by atoms with Crippen LogP contribution in [0.2, 0.25) is 0 Å². The summed E-state index contributed by atoms with van der Waals surface area (Å²) in [4.78, 5) is 8.89. The normalized spacial score (nSPS) is 14.5. The zero-order chi connectivity index (χ0) is 16.1. The molecule has 1 aliphatic heterocycles. The lowest BCUT2D eigenvalue weighted by Crippen LogP contribution is -2.23. The number of nitrogens with zero attached hydrogens (tertiary/aromatic N) is 3. The molecule has 4 heteroatoms. The van der Waals surface area contributed by atoms with E-state index in [1.54, 1.807) is 0 Å². The van der Waals surface area contributed by atoms with E-state index < -0.39 is 0 Å². The van der Waals surface area contributed by atoms with Gasteiger partial charge in [0.1, 0.15) is 5.84 Å².